The minimum atomic E-state index is -0.481. The van der Waals surface area contributed by atoms with Crippen LogP contribution >= 0.6 is 0 Å². The molecule has 6 nitrogen and oxygen atoms in total. The van der Waals surface area contributed by atoms with Crippen molar-refractivity contribution in [1.29, 1.82) is 0 Å². The van der Waals surface area contributed by atoms with Gasteiger partial charge in [-0.25, -0.2) is 4.98 Å². The molecule has 1 N–H and O–H groups in total. The Hall–Kier alpha value is -2.44. The van der Waals surface area contributed by atoms with Crippen LogP contribution in [0.15, 0.2) is 59.6 Å². The van der Waals surface area contributed by atoms with Crippen LogP contribution in [0.3, 0.4) is 0 Å². The second-order valence-corrected chi connectivity index (χ2v) is 5.64. The zero-order valence-corrected chi connectivity index (χ0v) is 12.7. The van der Waals surface area contributed by atoms with Gasteiger partial charge in [-0.3, -0.25) is 5.32 Å². The van der Waals surface area contributed by atoms with E-state index in [4.69, 9.17) is 9.26 Å². The summed E-state index contributed by atoms with van der Waals surface area (Å²) in [6.45, 7) is 2.39. The Morgan fingerprint density at radius 1 is 1.26 bits per heavy atom. The van der Waals surface area contributed by atoms with Crippen molar-refractivity contribution in [3.63, 3.8) is 0 Å². The van der Waals surface area contributed by atoms with Crippen LogP contribution in [0.1, 0.15) is 12.1 Å². The van der Waals surface area contributed by atoms with E-state index in [1.165, 1.54) is 0 Å². The highest BCUT2D eigenvalue weighted by Gasteiger charge is 2.49. The summed E-state index contributed by atoms with van der Waals surface area (Å²) in [7, 11) is 0. The predicted octanol–water partition coefficient (Wildman–Crippen LogP) is 2.40. The van der Waals surface area contributed by atoms with Crippen molar-refractivity contribution < 1.29 is 9.26 Å². The maximum atomic E-state index is 5.62. The van der Waals surface area contributed by atoms with Gasteiger partial charge in [0.25, 0.3) is 0 Å². The molecule has 1 saturated heterocycles. The van der Waals surface area contributed by atoms with Crippen LogP contribution in [0.4, 0.5) is 0 Å². The molecule has 1 unspecified atom stereocenters. The van der Waals surface area contributed by atoms with Crippen molar-refractivity contribution in [3.8, 4) is 11.3 Å². The van der Waals surface area contributed by atoms with E-state index in [0.29, 0.717) is 6.61 Å². The van der Waals surface area contributed by atoms with Gasteiger partial charge < -0.3 is 13.8 Å². The van der Waals surface area contributed by atoms with Crippen molar-refractivity contribution in [1.82, 2.24) is 20.0 Å². The maximum Gasteiger partial charge on any atom is 0.189 e. The number of nitrogens with zero attached hydrogens (tertiary/aromatic N) is 3. The van der Waals surface area contributed by atoms with Gasteiger partial charge in [-0.1, -0.05) is 35.5 Å². The van der Waals surface area contributed by atoms with Gasteiger partial charge in [0, 0.05) is 30.6 Å². The first-order valence-corrected chi connectivity index (χ1v) is 7.73. The lowest BCUT2D eigenvalue weighted by Gasteiger charge is -2.10. The number of hydrogen-bond acceptors (Lipinski definition) is 5. The molecule has 0 bridgehead atoms. The second-order valence-electron chi connectivity index (χ2n) is 5.64. The number of hydrogen-bond donors (Lipinski definition) is 1. The van der Waals surface area contributed by atoms with Crippen molar-refractivity contribution in [2.75, 3.05) is 13.2 Å². The van der Waals surface area contributed by atoms with Crippen LogP contribution in [0.25, 0.3) is 11.3 Å². The molecule has 6 heteroatoms. The summed E-state index contributed by atoms with van der Waals surface area (Å²) in [5.41, 5.74) is 1.34. The lowest BCUT2D eigenvalue weighted by molar-refractivity contribution is 0.242. The number of imidazole rings is 1. The van der Waals surface area contributed by atoms with Gasteiger partial charge in [0.2, 0.25) is 0 Å². The summed E-state index contributed by atoms with van der Waals surface area (Å²) < 4.78 is 13.1. The van der Waals surface area contributed by atoms with Gasteiger partial charge >= 0.3 is 0 Å². The molecule has 0 spiro atoms. The number of aryl methyl sites for hydroxylation is 1. The minimum absolute atomic E-state index is 0.481. The molecule has 3 aromatic rings. The van der Waals surface area contributed by atoms with E-state index >= 15 is 0 Å². The molecule has 1 aliphatic rings. The molecule has 1 aromatic carbocycles. The fourth-order valence-corrected chi connectivity index (χ4v) is 2.59. The lowest BCUT2D eigenvalue weighted by atomic mass is 10.1. The molecule has 118 valence electrons. The lowest BCUT2D eigenvalue weighted by Crippen LogP contribution is -2.32. The summed E-state index contributed by atoms with van der Waals surface area (Å²) in [5, 5.41) is 7.61. The third-order valence-electron chi connectivity index (χ3n) is 3.98. The standard InChI is InChI=1S/C17H18N4O2/c1-2-5-14(6-3-1)15-11-16(20-23-15)17(12-22-17)19-7-4-9-21-10-8-18-13-21/h1-3,5-6,8,10-11,13,19H,4,7,9,12H2. The molecule has 0 amide bonds. The Morgan fingerprint density at radius 2 is 2.13 bits per heavy atom. The predicted molar refractivity (Wildman–Crippen MR) is 84.4 cm³/mol. The highest BCUT2D eigenvalue weighted by Crippen LogP contribution is 2.36. The molecule has 0 saturated carbocycles. The average Bonchev–Trinajstić information content (AvgIpc) is 3.03. The van der Waals surface area contributed by atoms with Gasteiger partial charge in [-0.2, -0.15) is 0 Å². The molecular formula is C17H18N4O2. The van der Waals surface area contributed by atoms with Crippen molar-refractivity contribution >= 4 is 0 Å². The van der Waals surface area contributed by atoms with E-state index in [1.807, 2.05) is 48.9 Å². The fourth-order valence-electron chi connectivity index (χ4n) is 2.59. The zero-order chi connectivity index (χ0) is 15.5. The molecule has 1 atom stereocenters. The average molecular weight is 310 g/mol. The molecule has 23 heavy (non-hydrogen) atoms. The summed E-state index contributed by atoms with van der Waals surface area (Å²) in [6, 6.07) is 11.9. The van der Waals surface area contributed by atoms with Gasteiger partial charge in [0.15, 0.2) is 11.5 Å². The Balaban J connectivity index is 1.37. The topological polar surface area (TPSA) is 68.4 Å². The van der Waals surface area contributed by atoms with Crippen molar-refractivity contribution in [2.45, 2.75) is 18.7 Å². The number of ether oxygens (including phenoxy) is 1. The number of rotatable bonds is 7. The maximum absolute atomic E-state index is 5.62. The van der Waals surface area contributed by atoms with Crippen molar-refractivity contribution in [3.05, 3.63) is 60.8 Å². The summed E-state index contributed by atoms with van der Waals surface area (Å²) in [6.07, 6.45) is 6.57. The van der Waals surface area contributed by atoms with E-state index in [-0.39, 0.29) is 0 Å². The summed E-state index contributed by atoms with van der Waals surface area (Å²) in [5.74, 6) is 0.760. The van der Waals surface area contributed by atoms with Gasteiger partial charge in [0.05, 0.1) is 12.9 Å². The normalized spacial score (nSPS) is 19.8. The van der Waals surface area contributed by atoms with E-state index in [2.05, 4.69) is 20.0 Å². The molecule has 0 aliphatic carbocycles. The number of benzene rings is 1. The SMILES string of the molecule is c1ccc(-c2cc(C3(NCCCn4ccnc4)CO3)no2)cc1. The number of aromatic nitrogens is 3. The van der Waals surface area contributed by atoms with Crippen LogP contribution in [0, 0.1) is 0 Å². The molecule has 1 aliphatic heterocycles. The Bertz CT molecular complexity index is 748. The quantitative estimate of drug-likeness (QED) is 0.536. The van der Waals surface area contributed by atoms with Gasteiger partial charge in [-0.05, 0) is 13.0 Å². The largest absolute Gasteiger partial charge is 0.356 e. The fraction of sp³-hybridized carbons (Fsp3) is 0.294. The second kappa shape index (κ2) is 5.98. The van der Waals surface area contributed by atoms with Crippen LogP contribution in [-0.4, -0.2) is 27.9 Å². The van der Waals surface area contributed by atoms with Crippen LogP contribution in [0.5, 0.6) is 0 Å². The molecule has 3 heterocycles. The van der Waals surface area contributed by atoms with Gasteiger partial charge in [0.1, 0.15) is 5.69 Å². The van der Waals surface area contributed by atoms with E-state index in [0.717, 1.165) is 36.5 Å². The third-order valence-corrected chi connectivity index (χ3v) is 3.98. The van der Waals surface area contributed by atoms with Crippen LogP contribution in [-0.2, 0) is 17.0 Å². The van der Waals surface area contributed by atoms with Gasteiger partial charge in [-0.15, -0.1) is 0 Å². The van der Waals surface area contributed by atoms with E-state index in [9.17, 15) is 0 Å². The Kier molecular flexibility index (Phi) is 3.69. The first-order valence-electron chi connectivity index (χ1n) is 7.73. The first-order chi connectivity index (χ1) is 11.4. The molecule has 1 fully saturated rings. The van der Waals surface area contributed by atoms with E-state index in [1.54, 1.807) is 6.20 Å². The highest BCUT2D eigenvalue weighted by molar-refractivity contribution is 5.57. The number of nitrogens with one attached hydrogen (secondary N) is 1. The molecular weight excluding hydrogens is 292 g/mol. The summed E-state index contributed by atoms with van der Waals surface area (Å²) in [4.78, 5) is 4.04. The van der Waals surface area contributed by atoms with Crippen LogP contribution < -0.4 is 5.32 Å². The molecule has 0 radical (unpaired) electrons. The third kappa shape index (κ3) is 3.04. The number of epoxide rings is 1. The monoisotopic (exact) mass is 310 g/mol. The molecule has 2 aromatic heterocycles. The Morgan fingerprint density at radius 3 is 2.87 bits per heavy atom. The summed E-state index contributed by atoms with van der Waals surface area (Å²) >= 11 is 0. The highest BCUT2D eigenvalue weighted by atomic mass is 16.6. The van der Waals surface area contributed by atoms with Crippen LogP contribution in [0.2, 0.25) is 0 Å². The van der Waals surface area contributed by atoms with E-state index < -0.39 is 5.72 Å². The first kappa shape index (κ1) is 14.2. The minimum Gasteiger partial charge on any atom is -0.356 e. The molecule has 4 rings (SSSR count). The van der Waals surface area contributed by atoms with Crippen molar-refractivity contribution in [2.24, 2.45) is 0 Å². The smallest absolute Gasteiger partial charge is 0.189 e. The zero-order valence-electron chi connectivity index (χ0n) is 12.7. The Labute approximate surface area is 134 Å².